The first-order chi connectivity index (χ1) is 13.4. The molecule has 28 heavy (non-hydrogen) atoms. The van der Waals surface area contributed by atoms with Gasteiger partial charge >= 0.3 is 0 Å². The Morgan fingerprint density at radius 3 is 2.39 bits per heavy atom. The van der Waals surface area contributed by atoms with Gasteiger partial charge in [-0.15, -0.1) is 11.3 Å². The normalized spacial score (nSPS) is 11.5. The van der Waals surface area contributed by atoms with Crippen molar-refractivity contribution in [3.8, 4) is 16.3 Å². The third-order valence-electron chi connectivity index (χ3n) is 4.10. The van der Waals surface area contributed by atoms with Crippen LogP contribution < -0.4 is 9.46 Å². The monoisotopic (exact) mass is 430 g/mol. The van der Waals surface area contributed by atoms with Crippen LogP contribution in [0.15, 0.2) is 71.6 Å². The number of benzene rings is 3. The molecule has 1 aromatic heterocycles. The molecule has 0 unspecified atom stereocenters. The molecule has 0 spiro atoms. The first-order valence-electron chi connectivity index (χ1n) is 8.28. The number of aromatic nitrogens is 1. The molecule has 0 saturated heterocycles. The summed E-state index contributed by atoms with van der Waals surface area (Å²) >= 11 is 7.37. The van der Waals surface area contributed by atoms with E-state index in [1.165, 1.54) is 12.1 Å². The van der Waals surface area contributed by atoms with Gasteiger partial charge in [0.1, 0.15) is 10.8 Å². The second-order valence-electron chi connectivity index (χ2n) is 5.99. The van der Waals surface area contributed by atoms with E-state index in [1.54, 1.807) is 42.7 Å². The molecule has 0 aliphatic carbocycles. The van der Waals surface area contributed by atoms with Gasteiger partial charge in [-0.3, -0.25) is 4.72 Å². The Hall–Kier alpha value is -2.61. The fourth-order valence-corrected chi connectivity index (χ4v) is 4.85. The maximum absolute atomic E-state index is 12.5. The number of methoxy groups -OCH3 is 1. The van der Waals surface area contributed by atoms with Crippen molar-refractivity contribution in [3.05, 3.63) is 71.8 Å². The van der Waals surface area contributed by atoms with Crippen LogP contribution >= 0.6 is 22.9 Å². The number of hydrogen-bond donors (Lipinski definition) is 1. The summed E-state index contributed by atoms with van der Waals surface area (Å²) < 4.78 is 33.8. The Balaban J connectivity index is 1.58. The standard InChI is InChI=1S/C20H15ClN2O3S2/c1-26-16-8-11-18-19(12-16)27-20(22-18)13-2-6-15(7-3-13)23-28(24,25)17-9-4-14(21)5-10-17/h2-12,23H,1H3. The molecule has 0 radical (unpaired) electrons. The second-order valence-corrected chi connectivity index (χ2v) is 9.14. The third kappa shape index (κ3) is 3.82. The number of hydrogen-bond acceptors (Lipinski definition) is 5. The Kier molecular flexibility index (Phi) is 4.97. The molecular formula is C20H15ClN2O3S2. The summed E-state index contributed by atoms with van der Waals surface area (Å²) in [7, 11) is -2.04. The predicted molar refractivity (Wildman–Crippen MR) is 114 cm³/mol. The maximum Gasteiger partial charge on any atom is 0.261 e. The highest BCUT2D eigenvalue weighted by Crippen LogP contribution is 2.33. The SMILES string of the molecule is COc1ccc2nc(-c3ccc(NS(=O)(=O)c4ccc(Cl)cc4)cc3)sc2c1. The van der Waals surface area contributed by atoms with Crippen molar-refractivity contribution >= 4 is 48.9 Å². The van der Waals surface area contributed by atoms with Crippen LogP contribution in [0.5, 0.6) is 5.75 Å². The number of ether oxygens (including phenoxy) is 1. The molecule has 0 fully saturated rings. The lowest BCUT2D eigenvalue weighted by Gasteiger charge is -2.08. The van der Waals surface area contributed by atoms with Crippen LogP contribution in [0.2, 0.25) is 5.02 Å². The summed E-state index contributed by atoms with van der Waals surface area (Å²) in [4.78, 5) is 4.78. The predicted octanol–water partition coefficient (Wildman–Crippen LogP) is 5.43. The molecule has 0 bridgehead atoms. The zero-order valence-electron chi connectivity index (χ0n) is 14.7. The summed E-state index contributed by atoms with van der Waals surface area (Å²) in [6.07, 6.45) is 0. The van der Waals surface area contributed by atoms with Crippen molar-refractivity contribution in [1.82, 2.24) is 4.98 Å². The van der Waals surface area contributed by atoms with Crippen LogP contribution in [0.3, 0.4) is 0 Å². The molecule has 142 valence electrons. The number of thiazole rings is 1. The quantitative estimate of drug-likeness (QED) is 0.458. The minimum absolute atomic E-state index is 0.154. The summed E-state index contributed by atoms with van der Waals surface area (Å²) in [5.74, 6) is 0.787. The molecule has 0 aliphatic heterocycles. The molecule has 0 aliphatic rings. The summed E-state index contributed by atoms with van der Waals surface area (Å²) in [5.41, 5.74) is 2.28. The molecule has 1 heterocycles. The molecule has 0 amide bonds. The number of anilines is 1. The van der Waals surface area contributed by atoms with Gasteiger partial charge in [-0.05, 0) is 66.7 Å². The Labute approximate surface area is 171 Å². The van der Waals surface area contributed by atoms with Crippen LogP contribution in [0.25, 0.3) is 20.8 Å². The molecule has 5 nitrogen and oxygen atoms in total. The van der Waals surface area contributed by atoms with E-state index in [9.17, 15) is 8.42 Å². The van der Waals surface area contributed by atoms with Crippen LogP contribution in [-0.2, 0) is 10.0 Å². The van der Waals surface area contributed by atoms with E-state index >= 15 is 0 Å². The van der Waals surface area contributed by atoms with Crippen LogP contribution in [0.4, 0.5) is 5.69 Å². The topological polar surface area (TPSA) is 68.3 Å². The minimum atomic E-state index is -3.67. The number of rotatable bonds is 5. The molecule has 1 N–H and O–H groups in total. The molecule has 0 atom stereocenters. The van der Waals surface area contributed by atoms with Crippen molar-refractivity contribution in [1.29, 1.82) is 0 Å². The van der Waals surface area contributed by atoms with Gasteiger partial charge in [0.15, 0.2) is 0 Å². The highest BCUT2D eigenvalue weighted by Gasteiger charge is 2.14. The Morgan fingerprint density at radius 1 is 1.00 bits per heavy atom. The zero-order chi connectivity index (χ0) is 19.7. The van der Waals surface area contributed by atoms with Gasteiger partial charge in [0.2, 0.25) is 0 Å². The van der Waals surface area contributed by atoms with Gasteiger partial charge in [0, 0.05) is 16.3 Å². The number of nitrogens with zero attached hydrogens (tertiary/aromatic N) is 1. The first kappa shape index (κ1) is 18.7. The fourth-order valence-electron chi connectivity index (χ4n) is 2.66. The molecule has 4 rings (SSSR count). The third-order valence-corrected chi connectivity index (χ3v) is 6.82. The highest BCUT2D eigenvalue weighted by molar-refractivity contribution is 7.92. The summed E-state index contributed by atoms with van der Waals surface area (Å²) in [5, 5.41) is 1.34. The van der Waals surface area contributed by atoms with Crippen LogP contribution in [0.1, 0.15) is 0 Å². The smallest absolute Gasteiger partial charge is 0.261 e. The van der Waals surface area contributed by atoms with Gasteiger partial charge in [0.05, 0.1) is 22.2 Å². The number of nitrogens with one attached hydrogen (secondary N) is 1. The van der Waals surface area contributed by atoms with E-state index in [4.69, 9.17) is 16.3 Å². The van der Waals surface area contributed by atoms with Gasteiger partial charge < -0.3 is 4.74 Å². The molecule has 3 aromatic carbocycles. The van der Waals surface area contributed by atoms with E-state index in [0.29, 0.717) is 10.7 Å². The molecule has 4 aromatic rings. The Bertz CT molecular complexity index is 1230. The van der Waals surface area contributed by atoms with Gasteiger partial charge in [-0.1, -0.05) is 11.6 Å². The van der Waals surface area contributed by atoms with E-state index in [-0.39, 0.29) is 4.90 Å². The largest absolute Gasteiger partial charge is 0.497 e. The van der Waals surface area contributed by atoms with E-state index < -0.39 is 10.0 Å². The average Bonchev–Trinajstić information content (AvgIpc) is 3.11. The van der Waals surface area contributed by atoms with E-state index in [1.807, 2.05) is 30.3 Å². The first-order valence-corrected chi connectivity index (χ1v) is 11.0. The van der Waals surface area contributed by atoms with Crippen molar-refractivity contribution < 1.29 is 13.2 Å². The second kappa shape index (κ2) is 7.43. The summed E-state index contributed by atoms with van der Waals surface area (Å²) in [6, 6.07) is 18.9. The van der Waals surface area contributed by atoms with E-state index in [2.05, 4.69) is 9.71 Å². The van der Waals surface area contributed by atoms with Gasteiger partial charge in [-0.25, -0.2) is 13.4 Å². The Morgan fingerprint density at radius 2 is 1.71 bits per heavy atom. The van der Waals surface area contributed by atoms with Gasteiger partial charge in [0.25, 0.3) is 10.0 Å². The number of fused-ring (bicyclic) bond motifs is 1. The highest BCUT2D eigenvalue weighted by atomic mass is 35.5. The lowest BCUT2D eigenvalue weighted by atomic mass is 10.2. The number of sulfonamides is 1. The van der Waals surface area contributed by atoms with Crippen molar-refractivity contribution in [2.75, 3.05) is 11.8 Å². The summed E-state index contributed by atoms with van der Waals surface area (Å²) in [6.45, 7) is 0. The molecular weight excluding hydrogens is 416 g/mol. The average molecular weight is 431 g/mol. The zero-order valence-corrected chi connectivity index (χ0v) is 17.1. The lowest BCUT2D eigenvalue weighted by molar-refractivity contribution is 0.415. The molecule has 0 saturated carbocycles. The lowest BCUT2D eigenvalue weighted by Crippen LogP contribution is -2.12. The van der Waals surface area contributed by atoms with Crippen LogP contribution in [0, 0.1) is 0 Å². The van der Waals surface area contributed by atoms with E-state index in [0.717, 1.165) is 26.5 Å². The molecule has 8 heteroatoms. The van der Waals surface area contributed by atoms with Crippen molar-refractivity contribution in [3.63, 3.8) is 0 Å². The minimum Gasteiger partial charge on any atom is -0.497 e. The van der Waals surface area contributed by atoms with Crippen molar-refractivity contribution in [2.24, 2.45) is 0 Å². The van der Waals surface area contributed by atoms with Crippen molar-refractivity contribution in [2.45, 2.75) is 4.90 Å². The maximum atomic E-state index is 12.5. The van der Waals surface area contributed by atoms with Gasteiger partial charge in [-0.2, -0.15) is 0 Å². The van der Waals surface area contributed by atoms with Crippen LogP contribution in [-0.4, -0.2) is 20.5 Å². The number of halogens is 1. The fraction of sp³-hybridized carbons (Fsp3) is 0.0500.